The van der Waals surface area contributed by atoms with Crippen molar-refractivity contribution in [3.05, 3.63) is 0 Å². The summed E-state index contributed by atoms with van der Waals surface area (Å²) in [5.41, 5.74) is -0.567. The number of hydrogen-bond acceptors (Lipinski definition) is 2. The number of hydrogen-bond donors (Lipinski definition) is 1. The van der Waals surface area contributed by atoms with Crippen LogP contribution in [-0.2, 0) is 4.79 Å². The Balaban J connectivity index is 1.92. The maximum absolute atomic E-state index is 11.2. The van der Waals surface area contributed by atoms with Gasteiger partial charge in [-0.3, -0.25) is 4.79 Å². The third kappa shape index (κ3) is 2.57. The molecule has 2 aliphatic rings. The molecule has 0 aromatic carbocycles. The topological polar surface area (TPSA) is 40.5 Å². The molecule has 1 aliphatic heterocycles. The van der Waals surface area contributed by atoms with Crippen molar-refractivity contribution in [3.63, 3.8) is 0 Å². The molecule has 1 unspecified atom stereocenters. The molecule has 0 amide bonds. The second-order valence-electron chi connectivity index (χ2n) is 6.07. The number of likely N-dealkylation sites (tertiary alicyclic amines) is 1. The summed E-state index contributed by atoms with van der Waals surface area (Å²) >= 11 is 0. The van der Waals surface area contributed by atoms with Crippen LogP contribution >= 0.6 is 0 Å². The van der Waals surface area contributed by atoms with E-state index in [4.69, 9.17) is 0 Å². The fourth-order valence-corrected chi connectivity index (χ4v) is 2.65. The fraction of sp³-hybridized carbons (Fsp3) is 0.923. The number of carbonyl (C=O) groups is 1. The molecule has 1 saturated carbocycles. The molecule has 1 N–H and O–H groups in total. The summed E-state index contributed by atoms with van der Waals surface area (Å²) in [5.74, 6) is 0.579. The van der Waals surface area contributed by atoms with Crippen molar-refractivity contribution in [2.45, 2.75) is 39.5 Å². The molecule has 1 heterocycles. The number of piperidine rings is 1. The van der Waals surface area contributed by atoms with Crippen LogP contribution in [0.5, 0.6) is 0 Å². The molecule has 3 nitrogen and oxygen atoms in total. The summed E-state index contributed by atoms with van der Waals surface area (Å²) in [6, 6.07) is 0. The zero-order valence-electron chi connectivity index (χ0n) is 10.4. The van der Waals surface area contributed by atoms with Gasteiger partial charge < -0.3 is 10.0 Å². The van der Waals surface area contributed by atoms with Crippen molar-refractivity contribution in [1.29, 1.82) is 0 Å². The Morgan fingerprint density at radius 3 is 2.62 bits per heavy atom. The van der Waals surface area contributed by atoms with Gasteiger partial charge in [-0.05, 0) is 57.9 Å². The minimum atomic E-state index is -0.647. The second-order valence-corrected chi connectivity index (χ2v) is 6.07. The molecule has 2 rings (SSSR count). The minimum absolute atomic E-state index is 0.317. The predicted octanol–water partition coefficient (Wildman–Crippen LogP) is 2.22. The molecule has 2 fully saturated rings. The van der Waals surface area contributed by atoms with Crippen LogP contribution in [0.4, 0.5) is 0 Å². The van der Waals surface area contributed by atoms with Crippen molar-refractivity contribution in [3.8, 4) is 0 Å². The van der Waals surface area contributed by atoms with Gasteiger partial charge in [0, 0.05) is 13.1 Å². The van der Waals surface area contributed by atoms with Crippen LogP contribution in [0, 0.1) is 17.3 Å². The van der Waals surface area contributed by atoms with E-state index >= 15 is 0 Å². The number of nitrogens with zero attached hydrogens (tertiary/aromatic N) is 1. The second kappa shape index (κ2) is 4.36. The first-order valence-electron chi connectivity index (χ1n) is 6.46. The van der Waals surface area contributed by atoms with Crippen molar-refractivity contribution >= 4 is 5.97 Å². The first kappa shape index (κ1) is 11.9. The molecule has 0 spiro atoms. The lowest BCUT2D eigenvalue weighted by atomic mass is 9.74. The predicted molar refractivity (Wildman–Crippen MR) is 63.3 cm³/mol. The van der Waals surface area contributed by atoms with Crippen LogP contribution in [0.2, 0.25) is 0 Å². The Bertz CT molecular complexity index is 271. The van der Waals surface area contributed by atoms with Crippen molar-refractivity contribution in [2.24, 2.45) is 17.3 Å². The van der Waals surface area contributed by atoms with E-state index < -0.39 is 11.4 Å². The maximum atomic E-state index is 11.2. The zero-order chi connectivity index (χ0) is 11.8. The summed E-state index contributed by atoms with van der Waals surface area (Å²) in [7, 11) is 0. The average molecular weight is 225 g/mol. The molecule has 0 aromatic rings. The van der Waals surface area contributed by atoms with Crippen LogP contribution in [0.3, 0.4) is 0 Å². The van der Waals surface area contributed by atoms with Crippen molar-refractivity contribution < 1.29 is 9.90 Å². The summed E-state index contributed by atoms with van der Waals surface area (Å²) in [5, 5.41) is 9.26. The van der Waals surface area contributed by atoms with Crippen molar-refractivity contribution in [1.82, 2.24) is 4.90 Å². The van der Waals surface area contributed by atoms with Crippen LogP contribution in [0.25, 0.3) is 0 Å². The molecule has 1 saturated heterocycles. The van der Waals surface area contributed by atoms with Crippen molar-refractivity contribution in [2.75, 3.05) is 19.6 Å². The van der Waals surface area contributed by atoms with E-state index in [2.05, 4.69) is 4.90 Å². The quantitative estimate of drug-likeness (QED) is 0.797. The van der Waals surface area contributed by atoms with Crippen LogP contribution in [0.15, 0.2) is 0 Å². The van der Waals surface area contributed by atoms with E-state index in [1.54, 1.807) is 0 Å². The molecule has 0 aromatic heterocycles. The molecule has 1 atom stereocenters. The Kier molecular flexibility index (Phi) is 3.24. The Morgan fingerprint density at radius 1 is 1.38 bits per heavy atom. The van der Waals surface area contributed by atoms with Gasteiger partial charge >= 0.3 is 5.97 Å². The number of aliphatic carboxylic acids is 1. The molecule has 0 bridgehead atoms. The fourth-order valence-electron chi connectivity index (χ4n) is 2.65. The molecular weight excluding hydrogens is 202 g/mol. The summed E-state index contributed by atoms with van der Waals surface area (Å²) < 4.78 is 0. The highest BCUT2D eigenvalue weighted by atomic mass is 16.4. The van der Waals surface area contributed by atoms with Gasteiger partial charge in [0.2, 0.25) is 0 Å². The zero-order valence-corrected chi connectivity index (χ0v) is 10.4. The van der Waals surface area contributed by atoms with E-state index in [-0.39, 0.29) is 0 Å². The monoisotopic (exact) mass is 225 g/mol. The maximum Gasteiger partial charge on any atom is 0.309 e. The number of rotatable bonds is 4. The van der Waals surface area contributed by atoms with Crippen LogP contribution in [0.1, 0.15) is 39.5 Å². The van der Waals surface area contributed by atoms with Gasteiger partial charge in [-0.25, -0.2) is 0 Å². The molecule has 3 heteroatoms. The Morgan fingerprint density at radius 2 is 2.06 bits per heavy atom. The van der Waals surface area contributed by atoms with Gasteiger partial charge in [-0.15, -0.1) is 0 Å². The van der Waals surface area contributed by atoms with E-state index in [0.717, 1.165) is 25.3 Å². The molecular formula is C13H23NO2. The highest BCUT2D eigenvalue weighted by Crippen LogP contribution is 2.36. The van der Waals surface area contributed by atoms with E-state index in [1.807, 2.05) is 13.8 Å². The summed E-state index contributed by atoms with van der Waals surface area (Å²) in [6.07, 6.45) is 4.99. The van der Waals surface area contributed by atoms with Gasteiger partial charge in [0.05, 0.1) is 5.41 Å². The first-order chi connectivity index (χ1) is 7.50. The Labute approximate surface area is 97.8 Å². The van der Waals surface area contributed by atoms with E-state index in [1.165, 1.54) is 25.9 Å². The van der Waals surface area contributed by atoms with Crippen LogP contribution < -0.4 is 0 Å². The molecule has 0 radical (unpaired) electrons. The van der Waals surface area contributed by atoms with Gasteiger partial charge in [0.1, 0.15) is 0 Å². The van der Waals surface area contributed by atoms with Gasteiger partial charge in [0.15, 0.2) is 0 Å². The van der Waals surface area contributed by atoms with Crippen LogP contribution in [-0.4, -0.2) is 35.6 Å². The lowest BCUT2D eigenvalue weighted by Gasteiger charge is -2.39. The minimum Gasteiger partial charge on any atom is -0.481 e. The largest absolute Gasteiger partial charge is 0.481 e. The standard InChI is InChI=1S/C13H23NO2/c1-13(2,12(15)16)11-4-3-7-14(9-11)8-10-5-6-10/h10-11H,3-9H2,1-2H3,(H,15,16). The molecule has 1 aliphatic carbocycles. The lowest BCUT2D eigenvalue weighted by molar-refractivity contribution is -0.151. The van der Waals surface area contributed by atoms with E-state index in [9.17, 15) is 9.90 Å². The highest BCUT2D eigenvalue weighted by molar-refractivity contribution is 5.74. The first-order valence-corrected chi connectivity index (χ1v) is 6.46. The summed E-state index contributed by atoms with van der Waals surface area (Å²) in [4.78, 5) is 13.7. The highest BCUT2D eigenvalue weighted by Gasteiger charge is 2.39. The number of carboxylic acids is 1. The van der Waals surface area contributed by atoms with Gasteiger partial charge in [-0.2, -0.15) is 0 Å². The lowest BCUT2D eigenvalue weighted by Crippen LogP contribution is -2.45. The smallest absolute Gasteiger partial charge is 0.309 e. The average Bonchev–Trinajstić information content (AvgIpc) is 3.02. The summed E-state index contributed by atoms with van der Waals surface area (Å²) in [6.45, 7) is 7.10. The third-order valence-electron chi connectivity index (χ3n) is 4.29. The van der Waals surface area contributed by atoms with Gasteiger partial charge in [-0.1, -0.05) is 0 Å². The SMILES string of the molecule is CC(C)(C(=O)O)C1CCCN(CC2CC2)C1. The Hall–Kier alpha value is -0.570. The normalized spacial score (nSPS) is 28.0. The van der Waals surface area contributed by atoms with Gasteiger partial charge in [0.25, 0.3) is 0 Å². The molecule has 16 heavy (non-hydrogen) atoms. The van der Waals surface area contributed by atoms with E-state index in [0.29, 0.717) is 5.92 Å². The third-order valence-corrected chi connectivity index (χ3v) is 4.29. The molecule has 92 valence electrons. The number of carboxylic acid groups (broad SMARTS) is 1.